The van der Waals surface area contributed by atoms with Gasteiger partial charge in [-0.1, -0.05) is 26.0 Å². The highest BCUT2D eigenvalue weighted by atomic mass is 16.3. The van der Waals surface area contributed by atoms with Crippen molar-refractivity contribution in [3.05, 3.63) is 12.2 Å². The summed E-state index contributed by atoms with van der Waals surface area (Å²) >= 11 is 0. The van der Waals surface area contributed by atoms with Gasteiger partial charge in [0.2, 0.25) is 5.91 Å². The number of rotatable bonds is 6. The molecule has 1 aliphatic carbocycles. The third kappa shape index (κ3) is 5.35. The van der Waals surface area contributed by atoms with Gasteiger partial charge in [-0.3, -0.25) is 4.79 Å². The molecule has 0 aliphatic heterocycles. The quantitative estimate of drug-likeness (QED) is 0.698. The number of hydrogen-bond acceptors (Lipinski definition) is 2. The molecule has 98 valence electrons. The molecule has 2 N–H and O–H groups in total. The third-order valence-electron chi connectivity index (χ3n) is 3.28. The van der Waals surface area contributed by atoms with Crippen LogP contribution in [0.25, 0.3) is 0 Å². The molecule has 3 nitrogen and oxygen atoms in total. The topological polar surface area (TPSA) is 49.3 Å². The minimum Gasteiger partial charge on any atom is -0.388 e. The molecule has 0 radical (unpaired) electrons. The van der Waals surface area contributed by atoms with E-state index >= 15 is 0 Å². The van der Waals surface area contributed by atoms with E-state index in [4.69, 9.17) is 0 Å². The molecule has 0 bridgehead atoms. The van der Waals surface area contributed by atoms with Gasteiger partial charge in [0.15, 0.2) is 0 Å². The van der Waals surface area contributed by atoms with Gasteiger partial charge in [0.1, 0.15) is 0 Å². The van der Waals surface area contributed by atoms with Crippen LogP contribution in [0.4, 0.5) is 0 Å². The zero-order valence-electron chi connectivity index (χ0n) is 11.2. The van der Waals surface area contributed by atoms with E-state index in [-0.39, 0.29) is 11.8 Å². The molecule has 0 heterocycles. The van der Waals surface area contributed by atoms with Crippen LogP contribution >= 0.6 is 0 Å². The molecule has 1 unspecified atom stereocenters. The lowest BCUT2D eigenvalue weighted by Crippen LogP contribution is -2.42. The number of nitrogens with one attached hydrogen (secondary N) is 1. The summed E-state index contributed by atoms with van der Waals surface area (Å²) in [6.07, 6.45) is 7.46. The van der Waals surface area contributed by atoms with Crippen LogP contribution in [0.1, 0.15) is 46.5 Å². The van der Waals surface area contributed by atoms with Gasteiger partial charge in [-0.2, -0.15) is 0 Å². The largest absolute Gasteiger partial charge is 0.388 e. The van der Waals surface area contributed by atoms with Crippen molar-refractivity contribution in [3.63, 3.8) is 0 Å². The minimum absolute atomic E-state index is 0.0693. The summed E-state index contributed by atoms with van der Waals surface area (Å²) in [6.45, 7) is 6.43. The zero-order valence-corrected chi connectivity index (χ0v) is 11.2. The number of hydrogen-bond donors (Lipinski definition) is 2. The van der Waals surface area contributed by atoms with Gasteiger partial charge in [0, 0.05) is 12.5 Å². The van der Waals surface area contributed by atoms with Crippen LogP contribution in [0, 0.1) is 11.8 Å². The smallest absolute Gasteiger partial charge is 0.223 e. The van der Waals surface area contributed by atoms with Crippen molar-refractivity contribution in [3.8, 4) is 0 Å². The fourth-order valence-corrected chi connectivity index (χ4v) is 1.94. The van der Waals surface area contributed by atoms with Crippen molar-refractivity contribution in [2.75, 3.05) is 6.54 Å². The predicted molar refractivity (Wildman–Crippen MR) is 69.6 cm³/mol. The van der Waals surface area contributed by atoms with Crippen molar-refractivity contribution in [1.82, 2.24) is 5.32 Å². The summed E-state index contributed by atoms with van der Waals surface area (Å²) in [5.41, 5.74) is -0.786. The summed E-state index contributed by atoms with van der Waals surface area (Å²) in [5.74, 6) is 0.729. The second kappa shape index (κ2) is 6.20. The van der Waals surface area contributed by atoms with Gasteiger partial charge in [-0.25, -0.2) is 0 Å². The first-order chi connectivity index (χ1) is 7.91. The Morgan fingerprint density at radius 1 is 1.47 bits per heavy atom. The normalized spacial score (nSPS) is 19.6. The summed E-state index contributed by atoms with van der Waals surface area (Å²) in [6, 6.07) is 0. The molecule has 3 heteroatoms. The van der Waals surface area contributed by atoms with Crippen LogP contribution < -0.4 is 5.32 Å². The Hall–Kier alpha value is -0.830. The highest BCUT2D eigenvalue weighted by molar-refractivity contribution is 5.79. The highest BCUT2D eigenvalue weighted by Gasteiger charge is 2.24. The lowest BCUT2D eigenvalue weighted by molar-refractivity contribution is -0.125. The standard InChI is InChI=1S/C14H25NO2/c1-11(2)8-9-14(3,17)10-15-13(16)12-6-4-5-7-12/h4-5,11-12,17H,6-10H2,1-3H3,(H,15,16). The second-order valence-corrected chi connectivity index (χ2v) is 5.79. The van der Waals surface area contributed by atoms with Crippen LogP contribution in [0.3, 0.4) is 0 Å². The van der Waals surface area contributed by atoms with Gasteiger partial charge < -0.3 is 10.4 Å². The molecule has 1 amide bonds. The summed E-state index contributed by atoms with van der Waals surface area (Å²) in [5, 5.41) is 13.0. The average Bonchev–Trinajstić information content (AvgIpc) is 2.77. The summed E-state index contributed by atoms with van der Waals surface area (Å²) < 4.78 is 0. The minimum atomic E-state index is -0.786. The lowest BCUT2D eigenvalue weighted by Gasteiger charge is -2.25. The van der Waals surface area contributed by atoms with Crippen LogP contribution in [0.2, 0.25) is 0 Å². The van der Waals surface area contributed by atoms with Crippen molar-refractivity contribution in [2.45, 2.75) is 52.1 Å². The van der Waals surface area contributed by atoms with E-state index in [2.05, 4.69) is 19.2 Å². The van der Waals surface area contributed by atoms with Crippen molar-refractivity contribution in [2.24, 2.45) is 11.8 Å². The molecule has 0 saturated heterocycles. The maximum atomic E-state index is 11.8. The maximum Gasteiger partial charge on any atom is 0.223 e. The third-order valence-corrected chi connectivity index (χ3v) is 3.28. The predicted octanol–water partition coefficient (Wildman–Crippen LogP) is 2.26. The van der Waals surface area contributed by atoms with Gasteiger partial charge in [0.25, 0.3) is 0 Å². The number of carbonyl (C=O) groups excluding carboxylic acids is 1. The number of carbonyl (C=O) groups is 1. The molecular formula is C14H25NO2. The SMILES string of the molecule is CC(C)CCC(C)(O)CNC(=O)C1CC=CC1. The van der Waals surface area contributed by atoms with Gasteiger partial charge >= 0.3 is 0 Å². The van der Waals surface area contributed by atoms with Crippen LogP contribution in [0.15, 0.2) is 12.2 Å². The van der Waals surface area contributed by atoms with E-state index in [1.54, 1.807) is 6.92 Å². The number of allylic oxidation sites excluding steroid dienone is 2. The highest BCUT2D eigenvalue weighted by Crippen LogP contribution is 2.19. The van der Waals surface area contributed by atoms with Gasteiger partial charge in [0.05, 0.1) is 5.60 Å². The Labute approximate surface area is 104 Å². The van der Waals surface area contributed by atoms with Crippen LogP contribution in [0.5, 0.6) is 0 Å². The van der Waals surface area contributed by atoms with Crippen molar-refractivity contribution >= 4 is 5.91 Å². The molecule has 1 aliphatic rings. The Bertz CT molecular complexity index is 274. The van der Waals surface area contributed by atoms with Crippen LogP contribution in [-0.4, -0.2) is 23.2 Å². The molecule has 1 atom stereocenters. The lowest BCUT2D eigenvalue weighted by atomic mass is 9.95. The molecule has 0 aromatic carbocycles. The van der Waals surface area contributed by atoms with Gasteiger partial charge in [-0.15, -0.1) is 0 Å². The zero-order chi connectivity index (χ0) is 12.9. The van der Waals surface area contributed by atoms with E-state index < -0.39 is 5.60 Å². The maximum absolute atomic E-state index is 11.8. The average molecular weight is 239 g/mol. The molecule has 17 heavy (non-hydrogen) atoms. The molecule has 0 fully saturated rings. The van der Waals surface area contributed by atoms with Gasteiger partial charge in [-0.05, 0) is 38.5 Å². The van der Waals surface area contributed by atoms with E-state index in [1.165, 1.54) is 0 Å². The van der Waals surface area contributed by atoms with E-state index in [9.17, 15) is 9.90 Å². The number of aliphatic hydroxyl groups is 1. The molecule has 0 aromatic rings. The summed E-state index contributed by atoms with van der Waals surface area (Å²) in [4.78, 5) is 11.8. The fraction of sp³-hybridized carbons (Fsp3) is 0.786. The van der Waals surface area contributed by atoms with Crippen molar-refractivity contribution < 1.29 is 9.90 Å². The Morgan fingerprint density at radius 2 is 2.06 bits per heavy atom. The first-order valence-corrected chi connectivity index (χ1v) is 6.56. The van der Waals surface area contributed by atoms with E-state index in [1.807, 2.05) is 12.2 Å². The van der Waals surface area contributed by atoms with E-state index in [0.29, 0.717) is 12.5 Å². The molecule has 1 rings (SSSR count). The molecular weight excluding hydrogens is 214 g/mol. The fourth-order valence-electron chi connectivity index (χ4n) is 1.94. The Balaban J connectivity index is 2.25. The van der Waals surface area contributed by atoms with Crippen molar-refractivity contribution in [1.29, 1.82) is 0 Å². The first-order valence-electron chi connectivity index (χ1n) is 6.56. The van der Waals surface area contributed by atoms with E-state index in [0.717, 1.165) is 25.7 Å². The Morgan fingerprint density at radius 3 is 2.59 bits per heavy atom. The molecule has 0 spiro atoms. The van der Waals surface area contributed by atoms with Crippen LogP contribution in [-0.2, 0) is 4.79 Å². The molecule has 0 saturated carbocycles. The molecule has 0 aromatic heterocycles. The first kappa shape index (κ1) is 14.2. The second-order valence-electron chi connectivity index (χ2n) is 5.79. The summed E-state index contributed by atoms with van der Waals surface area (Å²) in [7, 11) is 0. The monoisotopic (exact) mass is 239 g/mol. The number of amides is 1. The Kier molecular flexibility index (Phi) is 5.19.